The van der Waals surface area contributed by atoms with Crippen molar-refractivity contribution < 1.29 is 9.90 Å². The fraction of sp³-hybridized carbons (Fsp3) is 0.800. The van der Waals surface area contributed by atoms with Crippen molar-refractivity contribution in [3.8, 4) is 0 Å². The van der Waals surface area contributed by atoms with Gasteiger partial charge in [0.05, 0.1) is 9.65 Å². The van der Waals surface area contributed by atoms with E-state index < -0.39 is 9.20 Å². The molecule has 3 nitrogen and oxygen atoms in total. The number of aliphatic carboxylic acids is 1. The van der Waals surface area contributed by atoms with E-state index in [1.807, 2.05) is 0 Å². The molecular weight excluding hydrogens is 301 g/mol. The van der Waals surface area contributed by atoms with Gasteiger partial charge in [0, 0.05) is 0 Å². The lowest BCUT2D eigenvalue weighted by molar-refractivity contribution is -0.137. The molecule has 0 bridgehead atoms. The maximum atomic E-state index is 10.2. The third kappa shape index (κ3) is 8.59. The number of alkyl halides is 2. The summed E-state index contributed by atoms with van der Waals surface area (Å²) in [6.07, 6.45) is 0.628. The molecule has 0 aliphatic rings. The number of carboxylic acid groups (broad SMARTS) is 1. The minimum absolute atomic E-state index is 0. The zero-order chi connectivity index (χ0) is 8.20. The van der Waals surface area contributed by atoms with Gasteiger partial charge in [-0.25, -0.2) is 0 Å². The second kappa shape index (κ2) is 6.22. The topological polar surface area (TPSA) is 63.3 Å². The molecule has 0 rings (SSSR count). The molecule has 6 heteroatoms. The van der Waals surface area contributed by atoms with E-state index in [1.165, 1.54) is 0 Å². The fourth-order valence-electron chi connectivity index (χ4n) is 0.521. The normalized spacial score (nSPS) is 10.5. The average molecular weight is 311 g/mol. The van der Waals surface area contributed by atoms with Crippen molar-refractivity contribution in [2.24, 2.45) is 5.73 Å². The van der Waals surface area contributed by atoms with Gasteiger partial charge in [-0.15, -0.1) is 12.4 Å². The van der Waals surface area contributed by atoms with Crippen LogP contribution in [0.4, 0.5) is 0 Å². The molecule has 0 atom stereocenters. The number of nitrogens with two attached hydrogens (primary N) is 1. The van der Waals surface area contributed by atoms with Gasteiger partial charge >= 0.3 is 5.97 Å². The molecule has 0 saturated heterocycles. The van der Waals surface area contributed by atoms with Crippen LogP contribution in [-0.2, 0) is 4.79 Å². The van der Waals surface area contributed by atoms with Crippen molar-refractivity contribution >= 4 is 50.2 Å². The van der Waals surface area contributed by atoms with E-state index in [4.69, 9.17) is 10.8 Å². The summed E-state index contributed by atoms with van der Waals surface area (Å²) in [5.41, 5.74) is 5.24. The lowest BCUT2D eigenvalue weighted by Crippen LogP contribution is -2.20. The van der Waals surface area contributed by atoms with Crippen molar-refractivity contribution in [2.45, 2.75) is 16.1 Å². The van der Waals surface area contributed by atoms with Crippen LogP contribution in [0.3, 0.4) is 0 Å². The second-order valence-electron chi connectivity index (χ2n) is 1.97. The Balaban J connectivity index is 0. The molecule has 0 fully saturated rings. The second-order valence-corrected chi connectivity index (χ2v) is 6.07. The molecule has 0 aromatic carbocycles. The van der Waals surface area contributed by atoms with Crippen LogP contribution in [0.1, 0.15) is 12.8 Å². The van der Waals surface area contributed by atoms with Crippen LogP contribution in [-0.4, -0.2) is 20.9 Å². The largest absolute Gasteiger partial charge is 0.481 e. The van der Waals surface area contributed by atoms with Crippen LogP contribution in [0.2, 0.25) is 0 Å². The molecule has 0 aromatic heterocycles. The van der Waals surface area contributed by atoms with Gasteiger partial charge in [-0.3, -0.25) is 4.79 Å². The van der Waals surface area contributed by atoms with E-state index in [0.29, 0.717) is 13.0 Å². The van der Waals surface area contributed by atoms with Crippen LogP contribution < -0.4 is 5.73 Å². The lowest BCUT2D eigenvalue weighted by Gasteiger charge is -2.15. The number of carbonyl (C=O) groups is 1. The van der Waals surface area contributed by atoms with Crippen LogP contribution in [0.25, 0.3) is 0 Å². The highest BCUT2D eigenvalue weighted by Crippen LogP contribution is 2.33. The molecule has 0 aliphatic carbocycles. The zero-order valence-corrected chi connectivity index (χ0v) is 9.71. The number of halogens is 3. The Kier molecular flexibility index (Phi) is 8.04. The van der Waals surface area contributed by atoms with E-state index in [2.05, 4.69) is 31.9 Å². The van der Waals surface area contributed by atoms with Crippen LogP contribution in [0, 0.1) is 0 Å². The molecule has 0 spiro atoms. The first-order valence-corrected chi connectivity index (χ1v) is 4.36. The van der Waals surface area contributed by atoms with E-state index in [-0.39, 0.29) is 18.8 Å². The van der Waals surface area contributed by atoms with Crippen LogP contribution >= 0.6 is 44.3 Å². The SMILES string of the molecule is Cl.NCCC(Br)(Br)CC(=O)O. The highest BCUT2D eigenvalue weighted by molar-refractivity contribution is 9.25. The summed E-state index contributed by atoms with van der Waals surface area (Å²) < 4.78 is -0.527. The summed E-state index contributed by atoms with van der Waals surface area (Å²) in [5, 5.41) is 8.37. The molecule has 11 heavy (non-hydrogen) atoms. The van der Waals surface area contributed by atoms with Crippen molar-refractivity contribution in [1.82, 2.24) is 0 Å². The molecular formula is C5H10Br2ClNO2. The molecule has 0 radical (unpaired) electrons. The van der Waals surface area contributed by atoms with Gasteiger partial charge in [0.25, 0.3) is 0 Å². The molecule has 0 aliphatic heterocycles. The minimum Gasteiger partial charge on any atom is -0.481 e. The van der Waals surface area contributed by atoms with Gasteiger partial charge in [0.1, 0.15) is 0 Å². The molecule has 3 N–H and O–H groups in total. The van der Waals surface area contributed by atoms with Gasteiger partial charge < -0.3 is 10.8 Å². The maximum absolute atomic E-state index is 10.2. The molecule has 0 aromatic rings. The number of rotatable bonds is 4. The van der Waals surface area contributed by atoms with E-state index >= 15 is 0 Å². The predicted molar refractivity (Wildman–Crippen MR) is 53.8 cm³/mol. The molecule has 0 amide bonds. The average Bonchev–Trinajstić information content (AvgIpc) is 1.59. The Hall–Kier alpha value is 0.680. The van der Waals surface area contributed by atoms with Crippen LogP contribution in [0.15, 0.2) is 0 Å². The Morgan fingerprint density at radius 1 is 1.55 bits per heavy atom. The van der Waals surface area contributed by atoms with Gasteiger partial charge in [-0.1, -0.05) is 31.9 Å². The first-order chi connectivity index (χ1) is 4.48. The van der Waals surface area contributed by atoms with E-state index in [9.17, 15) is 4.79 Å². The van der Waals surface area contributed by atoms with Gasteiger partial charge in [0.15, 0.2) is 0 Å². The summed E-state index contributed by atoms with van der Waals surface area (Å²) in [7, 11) is 0. The van der Waals surface area contributed by atoms with Crippen molar-refractivity contribution in [2.75, 3.05) is 6.54 Å². The Bertz CT molecular complexity index is 132. The van der Waals surface area contributed by atoms with Crippen molar-refractivity contribution in [3.05, 3.63) is 0 Å². The number of hydrogen-bond acceptors (Lipinski definition) is 2. The first kappa shape index (κ1) is 14.2. The Morgan fingerprint density at radius 2 is 2.00 bits per heavy atom. The van der Waals surface area contributed by atoms with E-state index in [1.54, 1.807) is 0 Å². The Morgan fingerprint density at radius 3 is 2.27 bits per heavy atom. The van der Waals surface area contributed by atoms with Crippen molar-refractivity contribution in [3.63, 3.8) is 0 Å². The standard InChI is InChI=1S/C5H9Br2NO2.ClH/c6-5(7,1-2-8)3-4(9)10;/h1-3,8H2,(H,9,10);1H. The third-order valence-corrected chi connectivity index (χ3v) is 2.27. The molecule has 0 saturated carbocycles. The summed E-state index contributed by atoms with van der Waals surface area (Å²) in [6.45, 7) is 0.462. The third-order valence-electron chi connectivity index (χ3n) is 0.920. The highest BCUT2D eigenvalue weighted by Gasteiger charge is 2.24. The summed E-state index contributed by atoms with van der Waals surface area (Å²) in [6, 6.07) is 0. The number of carboxylic acids is 1. The summed E-state index contributed by atoms with van der Waals surface area (Å²) >= 11 is 6.40. The summed E-state index contributed by atoms with van der Waals surface area (Å²) in [5.74, 6) is -0.845. The van der Waals surface area contributed by atoms with Gasteiger partial charge in [-0.05, 0) is 13.0 Å². The number of hydrogen-bond donors (Lipinski definition) is 2. The first-order valence-electron chi connectivity index (χ1n) is 2.77. The van der Waals surface area contributed by atoms with E-state index in [0.717, 1.165) is 0 Å². The smallest absolute Gasteiger partial charge is 0.305 e. The van der Waals surface area contributed by atoms with Gasteiger partial charge in [0.2, 0.25) is 0 Å². The summed E-state index contributed by atoms with van der Waals surface area (Å²) in [4.78, 5) is 10.2. The maximum Gasteiger partial charge on any atom is 0.305 e. The molecule has 68 valence electrons. The van der Waals surface area contributed by atoms with Crippen LogP contribution in [0.5, 0.6) is 0 Å². The quantitative estimate of drug-likeness (QED) is 0.777. The monoisotopic (exact) mass is 309 g/mol. The molecule has 0 heterocycles. The predicted octanol–water partition coefficient (Wildman–Crippen LogP) is 1.72. The fourth-order valence-corrected chi connectivity index (χ4v) is 1.46. The Labute approximate surface area is 88.4 Å². The van der Waals surface area contributed by atoms with Crippen molar-refractivity contribution in [1.29, 1.82) is 0 Å². The van der Waals surface area contributed by atoms with Gasteiger partial charge in [-0.2, -0.15) is 0 Å². The highest BCUT2D eigenvalue weighted by atomic mass is 79.9. The minimum atomic E-state index is -0.845. The molecule has 0 unspecified atom stereocenters. The zero-order valence-electron chi connectivity index (χ0n) is 5.72. The lowest BCUT2D eigenvalue weighted by atomic mass is 10.2.